The van der Waals surface area contributed by atoms with Crippen molar-refractivity contribution in [1.29, 1.82) is 0 Å². The van der Waals surface area contributed by atoms with E-state index in [1.165, 1.54) is 0 Å². The van der Waals surface area contributed by atoms with E-state index in [1.807, 2.05) is 43.3 Å². The van der Waals surface area contributed by atoms with Gasteiger partial charge in [-0.2, -0.15) is 0 Å². The minimum absolute atomic E-state index is 0.0677. The van der Waals surface area contributed by atoms with E-state index >= 15 is 0 Å². The molecular formula is C36H44ClN3O5S. The van der Waals surface area contributed by atoms with Gasteiger partial charge < -0.3 is 24.5 Å². The maximum Gasteiger partial charge on any atom is 0.251 e. The van der Waals surface area contributed by atoms with E-state index in [4.69, 9.17) is 16.3 Å². The molecule has 3 saturated heterocycles. The number of aliphatic hydroxyl groups excluding tert-OH is 1. The number of halogens is 1. The SMILES string of the molecule is C=CCN(C(=O)C1N(CCCCCCO)C(=O)[C@@H]2[C@@H](C(=O)N(CC=C)c3ccc(OCC)cc3)[C@H]3CCC12S3)c1ccc(Cl)cc1. The summed E-state index contributed by atoms with van der Waals surface area (Å²) in [4.78, 5) is 49.0. The third kappa shape index (κ3) is 6.46. The van der Waals surface area contributed by atoms with Crippen LogP contribution in [-0.2, 0) is 14.4 Å². The highest BCUT2D eigenvalue weighted by Gasteiger charge is 2.74. The number of anilines is 2. The van der Waals surface area contributed by atoms with Crippen molar-refractivity contribution in [3.8, 4) is 5.75 Å². The normalized spacial score (nSPS) is 24.5. The lowest BCUT2D eigenvalue weighted by atomic mass is 9.70. The molecule has 2 unspecified atom stereocenters. The standard InChI is InChI=1S/C36H44ClN3O5S/c1-4-21-38(27-15-17-28(18-16-27)45-6-3)33(42)30-29-19-20-36(46-29)31(30)34(43)40(23-9-7-8-10-24-41)32(36)35(44)39(22-5-2)26-13-11-25(37)12-14-26/h4-5,11-18,29-32,41H,1-2,6-10,19-24H2,3H3/t29-,30+,31+,32?,36?/m1/s1. The van der Waals surface area contributed by atoms with Gasteiger partial charge >= 0.3 is 0 Å². The van der Waals surface area contributed by atoms with Crippen molar-refractivity contribution in [2.24, 2.45) is 11.8 Å². The summed E-state index contributed by atoms with van der Waals surface area (Å²) in [5.41, 5.74) is 1.40. The molecule has 0 aliphatic carbocycles. The lowest BCUT2D eigenvalue weighted by molar-refractivity contribution is -0.139. The van der Waals surface area contributed by atoms with Gasteiger partial charge in [0, 0.05) is 47.9 Å². The van der Waals surface area contributed by atoms with E-state index in [0.29, 0.717) is 55.4 Å². The van der Waals surface area contributed by atoms with Crippen LogP contribution in [0.1, 0.15) is 45.4 Å². The Morgan fingerprint density at radius 2 is 1.61 bits per heavy atom. The molecule has 5 atom stereocenters. The van der Waals surface area contributed by atoms with Gasteiger partial charge in [0.15, 0.2) is 0 Å². The summed E-state index contributed by atoms with van der Waals surface area (Å²) in [6.45, 7) is 11.4. The summed E-state index contributed by atoms with van der Waals surface area (Å²) in [6.07, 6.45) is 7.92. The molecule has 8 nitrogen and oxygen atoms in total. The molecule has 2 aromatic carbocycles. The Bertz CT molecular complexity index is 1420. The number of unbranched alkanes of at least 4 members (excludes halogenated alkanes) is 3. The Labute approximate surface area is 281 Å². The molecule has 0 radical (unpaired) electrons. The van der Waals surface area contributed by atoms with Crippen LogP contribution in [0.15, 0.2) is 73.8 Å². The molecule has 1 spiro atoms. The van der Waals surface area contributed by atoms with Crippen LogP contribution in [0.2, 0.25) is 5.02 Å². The largest absolute Gasteiger partial charge is 0.494 e. The number of likely N-dealkylation sites (tertiary alicyclic amines) is 1. The number of fused-ring (bicyclic) bond motifs is 1. The van der Waals surface area contributed by atoms with Gasteiger partial charge in [-0.1, -0.05) is 36.6 Å². The van der Waals surface area contributed by atoms with E-state index in [-0.39, 0.29) is 36.1 Å². The van der Waals surface area contributed by atoms with Crippen LogP contribution >= 0.6 is 23.4 Å². The molecule has 1 N–H and O–H groups in total. The fraction of sp³-hybridized carbons (Fsp3) is 0.472. The second-order valence-electron chi connectivity index (χ2n) is 12.1. The molecule has 0 aromatic heterocycles. The van der Waals surface area contributed by atoms with Gasteiger partial charge in [0.05, 0.1) is 23.2 Å². The maximum absolute atomic E-state index is 14.7. The second kappa shape index (κ2) is 15.1. The Kier molecular flexibility index (Phi) is 11.2. The molecule has 0 saturated carbocycles. The number of thioether (sulfide) groups is 1. The molecular weight excluding hydrogens is 622 g/mol. The maximum atomic E-state index is 14.7. The molecule has 3 aliphatic heterocycles. The summed E-state index contributed by atoms with van der Waals surface area (Å²) >= 11 is 7.84. The van der Waals surface area contributed by atoms with Gasteiger partial charge in [-0.25, -0.2) is 0 Å². The first kappa shape index (κ1) is 34.1. The van der Waals surface area contributed by atoms with Gasteiger partial charge in [-0.05, 0) is 81.1 Å². The number of nitrogens with zero attached hydrogens (tertiary/aromatic N) is 3. The first-order valence-electron chi connectivity index (χ1n) is 16.2. The third-order valence-electron chi connectivity index (χ3n) is 9.38. The van der Waals surface area contributed by atoms with Crippen molar-refractivity contribution in [2.75, 3.05) is 42.6 Å². The average Bonchev–Trinajstić information content (AvgIpc) is 3.70. The molecule has 2 aromatic rings. The number of rotatable bonds is 16. The molecule has 5 rings (SSSR count). The van der Waals surface area contributed by atoms with Crippen LogP contribution in [0.25, 0.3) is 0 Å². The number of aliphatic hydroxyl groups is 1. The van der Waals surface area contributed by atoms with Crippen molar-refractivity contribution in [3.05, 3.63) is 78.9 Å². The molecule has 246 valence electrons. The first-order chi connectivity index (χ1) is 22.3. The molecule has 46 heavy (non-hydrogen) atoms. The number of benzene rings is 2. The lowest BCUT2D eigenvalue weighted by Crippen LogP contribution is -2.55. The van der Waals surface area contributed by atoms with Crippen LogP contribution in [0.5, 0.6) is 5.75 Å². The Morgan fingerprint density at radius 3 is 2.22 bits per heavy atom. The number of amides is 3. The smallest absolute Gasteiger partial charge is 0.251 e. The van der Waals surface area contributed by atoms with Crippen molar-refractivity contribution in [3.63, 3.8) is 0 Å². The number of ether oxygens (including phenoxy) is 1. The van der Waals surface area contributed by atoms with E-state index in [0.717, 1.165) is 25.0 Å². The van der Waals surface area contributed by atoms with Gasteiger partial charge in [0.25, 0.3) is 5.91 Å². The molecule has 3 heterocycles. The number of carbonyl (C=O) groups is 3. The zero-order chi connectivity index (χ0) is 32.8. The average molecular weight is 666 g/mol. The highest BCUT2D eigenvalue weighted by Crippen LogP contribution is 2.67. The summed E-state index contributed by atoms with van der Waals surface area (Å²) < 4.78 is 4.89. The zero-order valence-electron chi connectivity index (χ0n) is 26.5. The van der Waals surface area contributed by atoms with E-state index in [1.54, 1.807) is 50.7 Å². The minimum Gasteiger partial charge on any atom is -0.494 e. The van der Waals surface area contributed by atoms with Crippen LogP contribution < -0.4 is 14.5 Å². The first-order valence-corrected chi connectivity index (χ1v) is 17.5. The van der Waals surface area contributed by atoms with Crippen molar-refractivity contribution >= 4 is 52.5 Å². The number of hydrogen-bond acceptors (Lipinski definition) is 6. The van der Waals surface area contributed by atoms with E-state index in [2.05, 4.69) is 13.2 Å². The van der Waals surface area contributed by atoms with Crippen LogP contribution in [0, 0.1) is 11.8 Å². The van der Waals surface area contributed by atoms with Gasteiger partial charge in [-0.3, -0.25) is 14.4 Å². The molecule has 3 aliphatic rings. The zero-order valence-corrected chi connectivity index (χ0v) is 28.1. The van der Waals surface area contributed by atoms with Crippen LogP contribution in [0.3, 0.4) is 0 Å². The Hall–Kier alpha value is -3.27. The predicted molar refractivity (Wildman–Crippen MR) is 186 cm³/mol. The fourth-order valence-corrected chi connectivity index (χ4v) is 9.78. The fourth-order valence-electron chi connectivity index (χ4n) is 7.44. The Balaban J connectivity index is 1.50. The van der Waals surface area contributed by atoms with Gasteiger partial charge in [-0.15, -0.1) is 24.9 Å². The Morgan fingerprint density at radius 1 is 1.00 bits per heavy atom. The number of hydrogen-bond donors (Lipinski definition) is 1. The second-order valence-corrected chi connectivity index (χ2v) is 14.1. The molecule has 3 amide bonds. The molecule has 3 fully saturated rings. The van der Waals surface area contributed by atoms with Crippen LogP contribution in [0.4, 0.5) is 11.4 Å². The highest BCUT2D eigenvalue weighted by atomic mass is 35.5. The summed E-state index contributed by atoms with van der Waals surface area (Å²) in [5.74, 6) is -0.842. The molecule has 10 heteroatoms. The number of carbonyl (C=O) groups excluding carboxylic acids is 3. The monoisotopic (exact) mass is 665 g/mol. The third-order valence-corrected chi connectivity index (χ3v) is 11.6. The van der Waals surface area contributed by atoms with E-state index in [9.17, 15) is 19.5 Å². The van der Waals surface area contributed by atoms with Crippen LogP contribution in [-0.4, -0.2) is 76.6 Å². The quantitative estimate of drug-likeness (QED) is 0.172. The van der Waals surface area contributed by atoms with Gasteiger partial charge in [0.2, 0.25) is 11.8 Å². The topological polar surface area (TPSA) is 90.4 Å². The molecule has 2 bridgehead atoms. The highest BCUT2D eigenvalue weighted by molar-refractivity contribution is 8.02. The predicted octanol–water partition coefficient (Wildman–Crippen LogP) is 6.12. The van der Waals surface area contributed by atoms with Crippen molar-refractivity contribution in [2.45, 2.75) is 61.5 Å². The van der Waals surface area contributed by atoms with E-state index < -0.39 is 22.6 Å². The van der Waals surface area contributed by atoms with Crippen molar-refractivity contribution < 1.29 is 24.2 Å². The summed E-state index contributed by atoms with van der Waals surface area (Å²) in [7, 11) is 0. The minimum atomic E-state index is -0.718. The lowest BCUT2D eigenvalue weighted by Gasteiger charge is -2.37. The summed E-state index contributed by atoms with van der Waals surface area (Å²) in [5, 5.41) is 9.75. The summed E-state index contributed by atoms with van der Waals surface area (Å²) in [6, 6.07) is 13.8. The van der Waals surface area contributed by atoms with Gasteiger partial charge in [0.1, 0.15) is 11.8 Å². The van der Waals surface area contributed by atoms with Crippen molar-refractivity contribution in [1.82, 2.24) is 4.90 Å².